The van der Waals surface area contributed by atoms with E-state index in [1.54, 1.807) is 24.3 Å². The summed E-state index contributed by atoms with van der Waals surface area (Å²) in [6.45, 7) is 0.384. The lowest BCUT2D eigenvalue weighted by Crippen LogP contribution is -2.57. The molecular weight excluding hydrogens is 512 g/mol. The molecule has 0 spiro atoms. The van der Waals surface area contributed by atoms with E-state index in [-0.39, 0.29) is 18.7 Å². The van der Waals surface area contributed by atoms with Crippen LogP contribution < -0.4 is 16.4 Å². The van der Waals surface area contributed by atoms with Gasteiger partial charge in [-0.05, 0) is 30.4 Å². The van der Waals surface area contributed by atoms with Gasteiger partial charge in [-0.25, -0.2) is 9.78 Å². The van der Waals surface area contributed by atoms with E-state index in [1.807, 2.05) is 36.4 Å². The minimum Gasteiger partial charge on any atom is -0.480 e. The molecule has 1 aromatic heterocycles. The predicted octanol–water partition coefficient (Wildman–Crippen LogP) is 0.810. The fourth-order valence-electron chi connectivity index (χ4n) is 4.89. The smallest absolute Gasteiger partial charge is 0.326 e. The Kier molecular flexibility index (Phi) is 9.63. The Morgan fingerprint density at radius 3 is 2.20 bits per heavy atom. The van der Waals surface area contributed by atoms with Crippen LogP contribution in [0.5, 0.6) is 0 Å². The molecule has 210 valence electrons. The van der Waals surface area contributed by atoms with Crippen molar-refractivity contribution in [1.29, 1.82) is 0 Å². The standard InChI is InChI=1S/C29H34N6O5/c30-22(14-19-8-3-1-4-9-19)28(38)35-13-7-12-25(35)27(37)33-23(16-21-17-31-18-32-21)26(36)34-24(29(39)40)15-20-10-5-2-6-11-20/h1-6,8-11,17-18,22-25H,7,12-16,30H2,(H,31,32)(H,33,37)(H,34,36)(H,39,40). The number of nitrogens with zero attached hydrogens (tertiary/aromatic N) is 2. The molecular formula is C29H34N6O5. The summed E-state index contributed by atoms with van der Waals surface area (Å²) in [4.78, 5) is 60.2. The highest BCUT2D eigenvalue weighted by molar-refractivity contribution is 5.94. The van der Waals surface area contributed by atoms with Crippen LogP contribution in [0.3, 0.4) is 0 Å². The van der Waals surface area contributed by atoms with Gasteiger partial charge in [0, 0.05) is 31.3 Å². The highest BCUT2D eigenvalue weighted by Crippen LogP contribution is 2.20. The molecule has 11 heteroatoms. The second-order valence-electron chi connectivity index (χ2n) is 9.92. The van der Waals surface area contributed by atoms with Crippen LogP contribution in [0.2, 0.25) is 0 Å². The summed E-state index contributed by atoms with van der Waals surface area (Å²) in [6, 6.07) is 14.5. The van der Waals surface area contributed by atoms with Crippen LogP contribution in [0.15, 0.2) is 73.2 Å². The van der Waals surface area contributed by atoms with Crippen LogP contribution in [-0.4, -0.2) is 74.4 Å². The molecule has 11 nitrogen and oxygen atoms in total. The van der Waals surface area contributed by atoms with Gasteiger partial charge in [0.25, 0.3) is 0 Å². The molecule has 0 saturated carbocycles. The van der Waals surface area contributed by atoms with Crippen molar-refractivity contribution >= 4 is 23.7 Å². The maximum absolute atomic E-state index is 13.4. The number of nitrogens with two attached hydrogens (primary N) is 1. The number of rotatable bonds is 12. The number of H-pyrrole nitrogens is 1. The molecule has 0 bridgehead atoms. The Hall–Kier alpha value is -4.51. The third-order valence-corrected chi connectivity index (χ3v) is 6.96. The molecule has 1 aliphatic heterocycles. The van der Waals surface area contributed by atoms with Gasteiger partial charge < -0.3 is 31.4 Å². The first kappa shape index (κ1) is 28.5. The van der Waals surface area contributed by atoms with Crippen molar-refractivity contribution in [3.8, 4) is 0 Å². The topological polar surface area (TPSA) is 171 Å². The van der Waals surface area contributed by atoms with Crippen LogP contribution in [-0.2, 0) is 38.4 Å². The van der Waals surface area contributed by atoms with Crippen LogP contribution in [0.1, 0.15) is 29.7 Å². The van der Waals surface area contributed by atoms with Crippen LogP contribution in [0.4, 0.5) is 0 Å². The number of carbonyl (C=O) groups is 4. The van der Waals surface area contributed by atoms with Gasteiger partial charge in [0.15, 0.2) is 0 Å². The van der Waals surface area contributed by atoms with Gasteiger partial charge in [0.2, 0.25) is 17.7 Å². The summed E-state index contributed by atoms with van der Waals surface area (Å²) in [5.41, 5.74) is 8.47. The Balaban J connectivity index is 1.45. The third kappa shape index (κ3) is 7.54. The van der Waals surface area contributed by atoms with E-state index in [1.165, 1.54) is 17.4 Å². The van der Waals surface area contributed by atoms with Gasteiger partial charge in [0.05, 0.1) is 12.4 Å². The van der Waals surface area contributed by atoms with Gasteiger partial charge in [-0.15, -0.1) is 0 Å². The number of likely N-dealkylation sites (tertiary alicyclic amines) is 1. The first-order valence-corrected chi connectivity index (χ1v) is 13.3. The fraction of sp³-hybridized carbons (Fsp3) is 0.345. The maximum atomic E-state index is 13.4. The lowest BCUT2D eigenvalue weighted by Gasteiger charge is -2.28. The zero-order valence-electron chi connectivity index (χ0n) is 22.0. The van der Waals surface area contributed by atoms with Gasteiger partial charge in [-0.1, -0.05) is 60.7 Å². The Labute approximate surface area is 232 Å². The van der Waals surface area contributed by atoms with Crippen molar-refractivity contribution in [3.63, 3.8) is 0 Å². The van der Waals surface area contributed by atoms with Crippen molar-refractivity contribution in [3.05, 3.63) is 90.0 Å². The number of hydrogen-bond acceptors (Lipinski definition) is 6. The molecule has 1 fully saturated rings. The number of nitrogens with one attached hydrogen (secondary N) is 3. The van der Waals surface area contributed by atoms with Crippen molar-refractivity contribution in [2.45, 2.75) is 56.3 Å². The van der Waals surface area contributed by atoms with E-state index >= 15 is 0 Å². The number of carboxylic acid groups (broad SMARTS) is 1. The Morgan fingerprint density at radius 1 is 0.950 bits per heavy atom. The molecule has 0 aliphatic carbocycles. The number of hydrogen-bond donors (Lipinski definition) is 5. The number of carboxylic acids is 1. The third-order valence-electron chi connectivity index (χ3n) is 6.96. The first-order chi connectivity index (χ1) is 19.3. The summed E-state index contributed by atoms with van der Waals surface area (Å²) < 4.78 is 0. The van der Waals surface area contributed by atoms with Gasteiger partial charge in [-0.3, -0.25) is 14.4 Å². The van der Waals surface area contributed by atoms with Crippen LogP contribution >= 0.6 is 0 Å². The minimum absolute atomic E-state index is 0.0590. The molecule has 6 N–H and O–H groups in total. The SMILES string of the molecule is NC(Cc1ccccc1)C(=O)N1CCCC1C(=O)NC(Cc1cnc[nH]1)C(=O)NC(Cc1ccccc1)C(=O)O. The normalized spacial score (nSPS) is 17.0. The lowest BCUT2D eigenvalue weighted by molar-refractivity contribution is -0.143. The van der Waals surface area contributed by atoms with Gasteiger partial charge in [-0.2, -0.15) is 0 Å². The molecule has 40 heavy (non-hydrogen) atoms. The molecule has 0 radical (unpaired) electrons. The number of benzene rings is 2. The van der Waals surface area contributed by atoms with Crippen molar-refractivity contribution in [1.82, 2.24) is 25.5 Å². The summed E-state index contributed by atoms with van der Waals surface area (Å²) >= 11 is 0. The van der Waals surface area contributed by atoms with E-state index in [4.69, 9.17) is 5.73 Å². The quantitative estimate of drug-likeness (QED) is 0.224. The van der Waals surface area contributed by atoms with E-state index in [2.05, 4.69) is 20.6 Å². The van der Waals surface area contributed by atoms with Crippen molar-refractivity contribution < 1.29 is 24.3 Å². The van der Waals surface area contributed by atoms with Gasteiger partial charge >= 0.3 is 5.97 Å². The second-order valence-corrected chi connectivity index (χ2v) is 9.92. The highest BCUT2D eigenvalue weighted by atomic mass is 16.4. The number of aromatic amines is 1. The van der Waals surface area contributed by atoms with E-state index in [0.29, 0.717) is 31.5 Å². The highest BCUT2D eigenvalue weighted by Gasteiger charge is 2.38. The molecule has 1 saturated heterocycles. The van der Waals surface area contributed by atoms with Gasteiger partial charge in [0.1, 0.15) is 18.1 Å². The monoisotopic (exact) mass is 546 g/mol. The van der Waals surface area contributed by atoms with Crippen molar-refractivity contribution in [2.24, 2.45) is 5.73 Å². The molecule has 1 aliphatic rings. The average Bonchev–Trinajstić information content (AvgIpc) is 3.65. The maximum Gasteiger partial charge on any atom is 0.326 e. The van der Waals surface area contributed by atoms with Crippen molar-refractivity contribution in [2.75, 3.05) is 6.54 Å². The second kappa shape index (κ2) is 13.5. The van der Waals surface area contributed by atoms with Crippen LogP contribution in [0.25, 0.3) is 0 Å². The summed E-state index contributed by atoms with van der Waals surface area (Å²) in [6.07, 6.45) is 4.51. The zero-order valence-corrected chi connectivity index (χ0v) is 22.0. The zero-order chi connectivity index (χ0) is 28.5. The molecule has 2 aromatic carbocycles. The Morgan fingerprint density at radius 2 is 1.60 bits per heavy atom. The minimum atomic E-state index is -1.20. The summed E-state index contributed by atoms with van der Waals surface area (Å²) in [5.74, 6) is -2.66. The largest absolute Gasteiger partial charge is 0.480 e. The van der Waals surface area contributed by atoms with E-state index in [0.717, 1.165) is 11.1 Å². The average molecular weight is 547 g/mol. The first-order valence-electron chi connectivity index (χ1n) is 13.3. The molecule has 3 amide bonds. The summed E-state index contributed by atoms with van der Waals surface area (Å²) in [7, 11) is 0. The lowest BCUT2D eigenvalue weighted by atomic mass is 10.0. The fourth-order valence-corrected chi connectivity index (χ4v) is 4.89. The molecule has 4 atom stereocenters. The molecule has 3 aromatic rings. The number of aliphatic carboxylic acids is 1. The van der Waals surface area contributed by atoms with E-state index in [9.17, 15) is 24.3 Å². The summed E-state index contributed by atoms with van der Waals surface area (Å²) in [5, 5.41) is 15.1. The number of carbonyl (C=O) groups excluding carboxylic acids is 3. The number of amides is 3. The molecule has 2 heterocycles. The Bertz CT molecular complexity index is 1280. The molecule has 4 unspecified atom stereocenters. The van der Waals surface area contributed by atoms with Crippen LogP contribution in [0, 0.1) is 0 Å². The van der Waals surface area contributed by atoms with E-state index < -0.39 is 42.0 Å². The predicted molar refractivity (Wildman–Crippen MR) is 147 cm³/mol. The number of imidazole rings is 1. The molecule has 4 rings (SSSR count). The number of aromatic nitrogens is 2.